The molecule has 1 saturated heterocycles. The molecule has 3 aliphatic heterocycles. The van der Waals surface area contributed by atoms with Gasteiger partial charge in [0.25, 0.3) is 0 Å². The van der Waals surface area contributed by atoms with Gasteiger partial charge in [0.2, 0.25) is 0 Å². The maximum atomic E-state index is 4.92. The number of amidine groups is 1. The predicted molar refractivity (Wildman–Crippen MR) is 220 cm³/mol. The SMILES string of the molecule is C1=CNC(C2NC(c3ccccc3)NC(c3ccccc3)N2)C=C1.C=C(/C=C\C=C/C)/C(C)=C/C=C1\C(=Nc2ccccc2)N(C)c2ccccc21. The number of para-hydroxylation sites is 2. The Balaban J connectivity index is 0.000000180. The zero-order valence-corrected chi connectivity index (χ0v) is 30.2. The minimum atomic E-state index is 0.0868. The molecule has 3 atom stereocenters. The van der Waals surface area contributed by atoms with Gasteiger partial charge >= 0.3 is 0 Å². The molecule has 1 fully saturated rings. The first-order chi connectivity index (χ1) is 25.5. The molecule has 3 aliphatic rings. The largest absolute Gasteiger partial charge is 0.382 e. The van der Waals surface area contributed by atoms with Crippen LogP contribution in [0.1, 0.15) is 42.9 Å². The van der Waals surface area contributed by atoms with E-state index in [0.29, 0.717) is 0 Å². The average molecular weight is 685 g/mol. The number of benzene rings is 4. The maximum absolute atomic E-state index is 4.92. The Labute approximate surface area is 309 Å². The number of hydrogen-bond donors (Lipinski definition) is 4. The number of fused-ring (bicyclic) bond motifs is 1. The number of likely N-dealkylation sites (N-methyl/N-ethyl adjacent to an activating group) is 1. The van der Waals surface area contributed by atoms with Gasteiger partial charge in [-0.3, -0.25) is 16.0 Å². The molecule has 0 bridgehead atoms. The van der Waals surface area contributed by atoms with Crippen LogP contribution in [0.5, 0.6) is 0 Å². The molecule has 4 aromatic rings. The third-order valence-corrected chi connectivity index (χ3v) is 9.18. The number of nitrogens with one attached hydrogen (secondary N) is 4. The van der Waals surface area contributed by atoms with Gasteiger partial charge in [0, 0.05) is 18.2 Å². The summed E-state index contributed by atoms with van der Waals surface area (Å²) in [5, 5.41) is 14.4. The van der Waals surface area contributed by atoms with Crippen molar-refractivity contribution in [2.75, 3.05) is 11.9 Å². The van der Waals surface area contributed by atoms with Crippen LogP contribution in [0.25, 0.3) is 5.57 Å². The molecule has 4 aromatic carbocycles. The van der Waals surface area contributed by atoms with E-state index in [9.17, 15) is 0 Å². The van der Waals surface area contributed by atoms with Crippen LogP contribution in [-0.2, 0) is 0 Å². The number of dihydropyridines is 1. The van der Waals surface area contributed by atoms with Crippen molar-refractivity contribution in [1.29, 1.82) is 0 Å². The summed E-state index contributed by atoms with van der Waals surface area (Å²) in [6, 6.07) is 39.7. The Kier molecular flexibility index (Phi) is 12.4. The lowest BCUT2D eigenvalue weighted by Crippen LogP contribution is -2.64. The molecule has 0 saturated carbocycles. The molecule has 262 valence electrons. The van der Waals surface area contributed by atoms with Crippen molar-refractivity contribution in [3.05, 3.63) is 211 Å². The van der Waals surface area contributed by atoms with E-state index in [0.717, 1.165) is 28.2 Å². The maximum Gasteiger partial charge on any atom is 0.141 e. The molecule has 0 amide bonds. The van der Waals surface area contributed by atoms with Crippen LogP contribution in [0.4, 0.5) is 11.4 Å². The molecule has 6 nitrogen and oxygen atoms in total. The highest BCUT2D eigenvalue weighted by atomic mass is 15.4. The monoisotopic (exact) mass is 684 g/mol. The average Bonchev–Trinajstić information content (AvgIpc) is 3.47. The molecule has 3 heterocycles. The minimum Gasteiger partial charge on any atom is -0.382 e. The lowest BCUT2D eigenvalue weighted by molar-refractivity contribution is 0.184. The zero-order valence-electron chi connectivity index (χ0n) is 30.2. The number of anilines is 1. The minimum absolute atomic E-state index is 0.0868. The molecular weight excluding hydrogens is 637 g/mol. The Bertz CT molecular complexity index is 1960. The van der Waals surface area contributed by atoms with Crippen LogP contribution in [-0.4, -0.2) is 25.1 Å². The number of aliphatic imine (C=N–C) groups is 1. The summed E-state index contributed by atoms with van der Waals surface area (Å²) < 4.78 is 0. The second-order valence-electron chi connectivity index (χ2n) is 12.8. The fourth-order valence-electron chi connectivity index (χ4n) is 6.29. The van der Waals surface area contributed by atoms with Crippen molar-refractivity contribution in [3.63, 3.8) is 0 Å². The smallest absolute Gasteiger partial charge is 0.141 e. The highest BCUT2D eigenvalue weighted by molar-refractivity contribution is 6.35. The van der Waals surface area contributed by atoms with Crippen LogP contribution in [0.3, 0.4) is 0 Å². The van der Waals surface area contributed by atoms with Gasteiger partial charge in [0.05, 0.1) is 35.9 Å². The van der Waals surface area contributed by atoms with Crippen LogP contribution in [0.15, 0.2) is 199 Å². The quantitative estimate of drug-likeness (QED) is 0.139. The summed E-state index contributed by atoms with van der Waals surface area (Å²) in [4.78, 5) is 7.07. The fourth-order valence-corrected chi connectivity index (χ4v) is 6.29. The van der Waals surface area contributed by atoms with Gasteiger partial charge in [0.1, 0.15) is 5.84 Å². The van der Waals surface area contributed by atoms with E-state index < -0.39 is 0 Å². The first-order valence-corrected chi connectivity index (χ1v) is 17.8. The molecule has 0 spiro atoms. The summed E-state index contributed by atoms with van der Waals surface area (Å²) in [7, 11) is 2.07. The van der Waals surface area contributed by atoms with E-state index in [1.807, 2.05) is 86.0 Å². The van der Waals surface area contributed by atoms with Gasteiger partial charge in [-0.2, -0.15) is 0 Å². The Hall–Kier alpha value is -5.79. The van der Waals surface area contributed by atoms with Crippen LogP contribution >= 0.6 is 0 Å². The van der Waals surface area contributed by atoms with Crippen molar-refractivity contribution in [2.24, 2.45) is 4.99 Å². The van der Waals surface area contributed by atoms with E-state index in [-0.39, 0.29) is 24.5 Å². The van der Waals surface area contributed by atoms with E-state index >= 15 is 0 Å². The summed E-state index contributed by atoms with van der Waals surface area (Å²) >= 11 is 0. The number of allylic oxidation sites excluding steroid dienone is 10. The summed E-state index contributed by atoms with van der Waals surface area (Å²) in [5.74, 6) is 0.950. The second-order valence-corrected chi connectivity index (χ2v) is 12.8. The normalized spacial score (nSPS) is 22.8. The van der Waals surface area contributed by atoms with Gasteiger partial charge in [-0.1, -0.05) is 152 Å². The van der Waals surface area contributed by atoms with Gasteiger partial charge in [-0.15, -0.1) is 0 Å². The molecular formula is C46H48N6. The number of nitrogens with zero attached hydrogens (tertiary/aromatic N) is 2. The summed E-state index contributed by atoms with van der Waals surface area (Å²) in [6.07, 6.45) is 20.9. The molecule has 3 unspecified atom stereocenters. The predicted octanol–water partition coefficient (Wildman–Crippen LogP) is 9.42. The first-order valence-electron chi connectivity index (χ1n) is 17.8. The standard InChI is InChI=1S/C26H26N2.C20H22N4/c1-5-6-8-13-20(2)21(3)18-19-24-23-16-11-12-17-25(23)28(4)26(24)27-22-14-9-7-10-15-22;1-3-9-15(10-4-1)18-22-19(16-11-5-2-6-12-16)24-20(23-18)17-13-7-8-14-21-17/h5-19H,2H2,1,3-4H3;1-14,17-24H/b6-5-,13-8-,21-18+,24-19-,27-26?;. The molecule has 6 heteroatoms. The van der Waals surface area contributed by atoms with Crippen molar-refractivity contribution in [3.8, 4) is 0 Å². The highest BCUT2D eigenvalue weighted by Crippen LogP contribution is 2.37. The topological polar surface area (TPSA) is 63.7 Å². The Morgan fingerprint density at radius 3 is 1.98 bits per heavy atom. The highest BCUT2D eigenvalue weighted by Gasteiger charge is 2.32. The molecule has 4 N–H and O–H groups in total. The van der Waals surface area contributed by atoms with E-state index in [4.69, 9.17) is 4.99 Å². The third kappa shape index (κ3) is 9.11. The van der Waals surface area contributed by atoms with E-state index in [2.05, 4.69) is 144 Å². The molecule has 7 rings (SSSR count). The lowest BCUT2D eigenvalue weighted by atomic mass is 10.0. The molecule has 0 aliphatic carbocycles. The first kappa shape index (κ1) is 36.0. The summed E-state index contributed by atoms with van der Waals surface area (Å²) in [5.41, 5.74) is 9.02. The van der Waals surface area contributed by atoms with Crippen molar-refractivity contribution >= 4 is 22.8 Å². The van der Waals surface area contributed by atoms with Gasteiger partial charge in [-0.25, -0.2) is 4.99 Å². The second kappa shape index (κ2) is 17.9. The van der Waals surface area contributed by atoms with Crippen molar-refractivity contribution < 1.29 is 0 Å². The van der Waals surface area contributed by atoms with Gasteiger partial charge in [-0.05, 0) is 66.6 Å². The number of hydrogen-bond acceptors (Lipinski definition) is 5. The lowest BCUT2D eigenvalue weighted by Gasteiger charge is -2.42. The molecule has 0 radical (unpaired) electrons. The zero-order chi connectivity index (χ0) is 36.1. The number of rotatable bonds is 8. The van der Waals surface area contributed by atoms with E-state index in [1.165, 1.54) is 22.4 Å². The molecule has 52 heavy (non-hydrogen) atoms. The van der Waals surface area contributed by atoms with Crippen LogP contribution in [0.2, 0.25) is 0 Å². The third-order valence-electron chi connectivity index (χ3n) is 9.18. The summed E-state index contributed by atoms with van der Waals surface area (Å²) in [6.45, 7) is 8.24. The van der Waals surface area contributed by atoms with E-state index in [1.54, 1.807) is 0 Å². The fraction of sp³-hybridized carbons (Fsp3) is 0.152. The Morgan fingerprint density at radius 2 is 1.37 bits per heavy atom. The van der Waals surface area contributed by atoms with Crippen molar-refractivity contribution in [1.82, 2.24) is 21.3 Å². The van der Waals surface area contributed by atoms with Crippen LogP contribution < -0.4 is 26.2 Å². The van der Waals surface area contributed by atoms with Crippen LogP contribution in [0, 0.1) is 0 Å². The van der Waals surface area contributed by atoms with Gasteiger partial charge < -0.3 is 10.2 Å². The van der Waals surface area contributed by atoms with Crippen molar-refractivity contribution in [2.45, 2.75) is 38.4 Å². The van der Waals surface area contributed by atoms with Gasteiger partial charge in [0.15, 0.2) is 0 Å². The molecule has 0 aromatic heterocycles. The Morgan fingerprint density at radius 1 is 0.750 bits per heavy atom.